The maximum atomic E-state index is 9.45. The molecule has 0 atom stereocenters. The van der Waals surface area contributed by atoms with Crippen molar-refractivity contribution in [3.05, 3.63) is 75.8 Å². The summed E-state index contributed by atoms with van der Waals surface area (Å²) >= 11 is 12.4. The van der Waals surface area contributed by atoms with Gasteiger partial charge in [-0.3, -0.25) is 0 Å². The van der Waals surface area contributed by atoms with Gasteiger partial charge in [-0.1, -0.05) is 53.5 Å². The molecular weight excluding hydrogens is 389 g/mol. The predicted octanol–water partition coefficient (Wildman–Crippen LogP) is 6.08. The monoisotopic (exact) mass is 409 g/mol. The lowest BCUT2D eigenvalue weighted by molar-refractivity contribution is 0.215. The molecule has 0 unspecified atom stereocenters. The first-order valence-electron chi connectivity index (χ1n) is 9.55. The Morgan fingerprint density at radius 1 is 0.929 bits per heavy atom. The van der Waals surface area contributed by atoms with Crippen LogP contribution in [-0.2, 0) is 6.42 Å². The number of hydrogen-bond donors (Lipinski definition) is 0. The minimum atomic E-state index is 0.664. The van der Waals surface area contributed by atoms with Gasteiger partial charge in [0, 0.05) is 40.5 Å². The van der Waals surface area contributed by atoms with Crippen LogP contribution in [0, 0.1) is 11.3 Å². The van der Waals surface area contributed by atoms with Gasteiger partial charge in [-0.15, -0.1) is 0 Å². The van der Waals surface area contributed by atoms with Crippen LogP contribution in [0.5, 0.6) is 0 Å². The number of fused-ring (bicyclic) bond motifs is 1. The van der Waals surface area contributed by atoms with Crippen molar-refractivity contribution in [2.45, 2.75) is 19.3 Å². The summed E-state index contributed by atoms with van der Waals surface area (Å²) in [7, 11) is 0. The predicted molar refractivity (Wildman–Crippen MR) is 117 cm³/mol. The molecule has 0 spiro atoms. The Kier molecular flexibility index (Phi) is 5.73. The second kappa shape index (κ2) is 8.41. The molecule has 0 saturated carbocycles. The highest BCUT2D eigenvalue weighted by Crippen LogP contribution is 2.32. The molecule has 0 aliphatic carbocycles. The normalized spacial score (nSPS) is 15.0. The highest BCUT2D eigenvalue weighted by molar-refractivity contribution is 6.35. The molecule has 1 heterocycles. The Hall–Kier alpha value is -2.25. The first-order chi connectivity index (χ1) is 13.7. The van der Waals surface area contributed by atoms with Crippen LogP contribution in [0.4, 0.5) is 5.69 Å². The zero-order chi connectivity index (χ0) is 19.5. The van der Waals surface area contributed by atoms with Crippen LogP contribution in [0.25, 0.3) is 10.8 Å². The van der Waals surface area contributed by atoms with Gasteiger partial charge in [-0.25, -0.2) is 5.01 Å². The van der Waals surface area contributed by atoms with E-state index in [2.05, 4.69) is 28.2 Å². The SMILES string of the molecule is N#Cc1ccc(N2CCCCN2CCc2ccc(Cl)cc2Cl)c2ccccc12. The van der Waals surface area contributed by atoms with Gasteiger partial charge in [0.2, 0.25) is 0 Å². The summed E-state index contributed by atoms with van der Waals surface area (Å²) in [5.41, 5.74) is 2.99. The third-order valence-corrected chi connectivity index (χ3v) is 5.92. The fraction of sp³-hybridized carbons (Fsp3) is 0.261. The maximum Gasteiger partial charge on any atom is 0.0998 e. The van der Waals surface area contributed by atoms with Gasteiger partial charge >= 0.3 is 0 Å². The fourth-order valence-electron chi connectivity index (χ4n) is 3.90. The molecule has 0 N–H and O–H groups in total. The summed E-state index contributed by atoms with van der Waals surface area (Å²) in [6, 6.07) is 20.2. The minimum absolute atomic E-state index is 0.664. The molecule has 3 aromatic rings. The average Bonchev–Trinajstić information content (AvgIpc) is 2.72. The number of hydrazine groups is 1. The van der Waals surface area contributed by atoms with E-state index in [0.717, 1.165) is 65.1 Å². The number of benzene rings is 3. The number of anilines is 1. The summed E-state index contributed by atoms with van der Waals surface area (Å²) in [6.45, 7) is 2.87. The largest absolute Gasteiger partial charge is 0.305 e. The Bertz CT molecular complexity index is 1040. The zero-order valence-electron chi connectivity index (χ0n) is 15.5. The van der Waals surface area contributed by atoms with E-state index in [1.54, 1.807) is 6.07 Å². The summed E-state index contributed by atoms with van der Waals surface area (Å²) in [5, 5.41) is 17.7. The van der Waals surface area contributed by atoms with E-state index < -0.39 is 0 Å². The number of hydrogen-bond acceptors (Lipinski definition) is 3. The average molecular weight is 410 g/mol. The highest BCUT2D eigenvalue weighted by Gasteiger charge is 2.22. The highest BCUT2D eigenvalue weighted by atomic mass is 35.5. The lowest BCUT2D eigenvalue weighted by Gasteiger charge is -2.41. The van der Waals surface area contributed by atoms with Crippen molar-refractivity contribution in [1.82, 2.24) is 5.01 Å². The Balaban J connectivity index is 1.63. The van der Waals surface area contributed by atoms with Gasteiger partial charge in [-0.05, 0) is 49.1 Å². The van der Waals surface area contributed by atoms with Crippen molar-refractivity contribution < 1.29 is 0 Å². The molecule has 0 amide bonds. The molecule has 1 fully saturated rings. The molecule has 3 aromatic carbocycles. The zero-order valence-corrected chi connectivity index (χ0v) is 17.0. The lowest BCUT2D eigenvalue weighted by atomic mass is 10.0. The lowest BCUT2D eigenvalue weighted by Crippen LogP contribution is -2.48. The van der Waals surface area contributed by atoms with Crippen LogP contribution in [0.1, 0.15) is 24.0 Å². The molecule has 28 heavy (non-hydrogen) atoms. The topological polar surface area (TPSA) is 30.3 Å². The summed E-state index contributed by atoms with van der Waals surface area (Å²) in [6.07, 6.45) is 3.20. The Labute approximate surface area is 175 Å². The van der Waals surface area contributed by atoms with Crippen LogP contribution < -0.4 is 5.01 Å². The van der Waals surface area contributed by atoms with Crippen molar-refractivity contribution in [2.75, 3.05) is 24.6 Å². The van der Waals surface area contributed by atoms with Gasteiger partial charge in [0.25, 0.3) is 0 Å². The van der Waals surface area contributed by atoms with Crippen LogP contribution in [0.3, 0.4) is 0 Å². The molecule has 1 aliphatic rings. The van der Waals surface area contributed by atoms with Gasteiger partial charge in [0.15, 0.2) is 0 Å². The third-order valence-electron chi connectivity index (χ3n) is 5.33. The molecule has 3 nitrogen and oxygen atoms in total. The van der Waals surface area contributed by atoms with Crippen LogP contribution >= 0.6 is 23.2 Å². The summed E-state index contributed by atoms with van der Waals surface area (Å²) < 4.78 is 0. The molecule has 1 aliphatic heterocycles. The van der Waals surface area contributed by atoms with Gasteiger partial charge in [0.1, 0.15) is 0 Å². The van der Waals surface area contributed by atoms with E-state index in [0.29, 0.717) is 5.02 Å². The van der Waals surface area contributed by atoms with Gasteiger partial charge in [-0.2, -0.15) is 5.26 Å². The van der Waals surface area contributed by atoms with Crippen molar-refractivity contribution in [2.24, 2.45) is 0 Å². The summed E-state index contributed by atoms with van der Waals surface area (Å²) in [5.74, 6) is 0. The maximum absolute atomic E-state index is 9.45. The smallest absolute Gasteiger partial charge is 0.0998 e. The minimum Gasteiger partial charge on any atom is -0.305 e. The number of rotatable bonds is 4. The molecule has 0 radical (unpaired) electrons. The molecule has 5 heteroatoms. The standard InChI is InChI=1S/C23H21Cl2N3/c24-19-9-7-17(22(25)15-19)11-14-27-12-3-4-13-28(27)23-10-8-18(16-26)20-5-1-2-6-21(20)23/h1-2,5-10,15H,3-4,11-14H2. The van der Waals surface area contributed by atoms with Crippen molar-refractivity contribution in [3.8, 4) is 6.07 Å². The van der Waals surface area contributed by atoms with E-state index >= 15 is 0 Å². The van der Waals surface area contributed by atoms with E-state index in [1.807, 2.05) is 36.4 Å². The fourth-order valence-corrected chi connectivity index (χ4v) is 4.41. The number of nitrogens with zero attached hydrogens (tertiary/aromatic N) is 3. The van der Waals surface area contributed by atoms with Crippen molar-refractivity contribution in [1.29, 1.82) is 5.26 Å². The first-order valence-corrected chi connectivity index (χ1v) is 10.3. The van der Waals surface area contributed by atoms with Gasteiger partial charge < -0.3 is 5.01 Å². The third kappa shape index (κ3) is 3.82. The summed E-state index contributed by atoms with van der Waals surface area (Å²) in [4.78, 5) is 0. The molecular formula is C23H21Cl2N3. The van der Waals surface area contributed by atoms with Crippen molar-refractivity contribution >= 4 is 39.7 Å². The second-order valence-electron chi connectivity index (χ2n) is 7.06. The number of halogens is 2. The van der Waals surface area contributed by atoms with E-state index in [9.17, 15) is 5.26 Å². The molecule has 0 aromatic heterocycles. The Morgan fingerprint density at radius 2 is 1.71 bits per heavy atom. The van der Waals surface area contributed by atoms with E-state index in [-0.39, 0.29) is 0 Å². The van der Waals surface area contributed by atoms with Crippen LogP contribution in [-0.4, -0.2) is 24.6 Å². The van der Waals surface area contributed by atoms with Crippen molar-refractivity contribution in [3.63, 3.8) is 0 Å². The quantitative estimate of drug-likeness (QED) is 0.522. The molecule has 0 bridgehead atoms. The van der Waals surface area contributed by atoms with Crippen LogP contribution in [0.15, 0.2) is 54.6 Å². The molecule has 142 valence electrons. The second-order valence-corrected chi connectivity index (χ2v) is 7.90. The number of nitriles is 1. The van der Waals surface area contributed by atoms with E-state index in [4.69, 9.17) is 23.2 Å². The van der Waals surface area contributed by atoms with Crippen LogP contribution in [0.2, 0.25) is 10.0 Å². The Morgan fingerprint density at radius 3 is 2.50 bits per heavy atom. The van der Waals surface area contributed by atoms with Gasteiger partial charge in [0.05, 0.1) is 17.3 Å². The molecule has 1 saturated heterocycles. The molecule has 4 rings (SSSR count). The van der Waals surface area contributed by atoms with E-state index in [1.165, 1.54) is 6.42 Å². The first kappa shape index (κ1) is 19.1.